The average Bonchev–Trinajstić information content (AvgIpc) is 2.24. The van der Waals surface area contributed by atoms with Crippen molar-refractivity contribution in [2.24, 2.45) is 5.92 Å². The number of halogens is 2. The third kappa shape index (κ3) is 4.98. The number of amides is 1. The van der Waals surface area contributed by atoms with E-state index in [1.165, 1.54) is 6.07 Å². The fraction of sp³-hybridized carbons (Fsp3) is 0.385. The Hall–Kier alpha value is -1.43. The van der Waals surface area contributed by atoms with Crippen molar-refractivity contribution < 1.29 is 19.1 Å². The zero-order valence-corrected chi connectivity index (χ0v) is 12.3. The summed E-state index contributed by atoms with van der Waals surface area (Å²) >= 11 is 3.06. The number of aryl methyl sites for hydroxylation is 1. The second-order valence-corrected chi connectivity index (χ2v) is 5.39. The van der Waals surface area contributed by atoms with E-state index >= 15 is 0 Å². The molecule has 0 aliphatic rings. The van der Waals surface area contributed by atoms with Crippen molar-refractivity contribution in [3.63, 3.8) is 0 Å². The van der Waals surface area contributed by atoms with Gasteiger partial charge in [-0.1, -0.05) is 6.92 Å². The molecule has 0 radical (unpaired) electrons. The molecule has 0 saturated carbocycles. The fourth-order valence-electron chi connectivity index (χ4n) is 1.67. The molecule has 0 saturated heterocycles. The summed E-state index contributed by atoms with van der Waals surface area (Å²) in [5.74, 6) is -1.98. The molecule has 1 aromatic rings. The van der Waals surface area contributed by atoms with Crippen LogP contribution in [0.25, 0.3) is 0 Å². The highest BCUT2D eigenvalue weighted by Crippen LogP contribution is 2.24. The Balaban J connectivity index is 2.67. The summed E-state index contributed by atoms with van der Waals surface area (Å²) in [5.41, 5.74) is 1.13. The number of carboxylic acid groups (broad SMARTS) is 1. The maximum atomic E-state index is 13.4. The van der Waals surface area contributed by atoms with Gasteiger partial charge in [0.05, 0.1) is 4.47 Å². The van der Waals surface area contributed by atoms with E-state index in [2.05, 4.69) is 21.2 Å². The van der Waals surface area contributed by atoms with Crippen LogP contribution in [0.3, 0.4) is 0 Å². The minimum Gasteiger partial charge on any atom is -0.481 e. The van der Waals surface area contributed by atoms with E-state index in [0.717, 1.165) is 5.56 Å². The molecule has 1 amide bonds. The molecule has 0 fully saturated rings. The molecular weight excluding hydrogens is 317 g/mol. The highest BCUT2D eigenvalue weighted by molar-refractivity contribution is 9.10. The molecule has 2 N–H and O–H groups in total. The lowest BCUT2D eigenvalue weighted by molar-refractivity contribution is -0.138. The van der Waals surface area contributed by atoms with E-state index in [4.69, 9.17) is 5.11 Å². The molecule has 6 heteroatoms. The van der Waals surface area contributed by atoms with Gasteiger partial charge in [-0.2, -0.15) is 0 Å². The molecule has 1 aromatic carbocycles. The molecule has 0 bridgehead atoms. The van der Waals surface area contributed by atoms with E-state index in [1.54, 1.807) is 19.9 Å². The van der Waals surface area contributed by atoms with Gasteiger partial charge in [-0.15, -0.1) is 0 Å². The van der Waals surface area contributed by atoms with Crippen LogP contribution in [0.1, 0.15) is 25.3 Å². The predicted octanol–water partition coefficient (Wildman–Crippen LogP) is 3.34. The van der Waals surface area contributed by atoms with Gasteiger partial charge in [0.25, 0.3) is 0 Å². The van der Waals surface area contributed by atoms with Crippen molar-refractivity contribution >= 4 is 33.5 Å². The van der Waals surface area contributed by atoms with Crippen LogP contribution in [0.5, 0.6) is 0 Å². The maximum absolute atomic E-state index is 13.4. The van der Waals surface area contributed by atoms with E-state index in [-0.39, 0.29) is 24.7 Å². The number of aliphatic carboxylic acids is 1. The van der Waals surface area contributed by atoms with E-state index in [0.29, 0.717) is 10.2 Å². The van der Waals surface area contributed by atoms with Crippen molar-refractivity contribution in [1.82, 2.24) is 0 Å². The van der Waals surface area contributed by atoms with Gasteiger partial charge in [-0.3, -0.25) is 9.59 Å². The first-order valence-electron chi connectivity index (χ1n) is 5.77. The highest BCUT2D eigenvalue weighted by atomic mass is 79.9. The number of hydrogen-bond acceptors (Lipinski definition) is 2. The summed E-state index contributed by atoms with van der Waals surface area (Å²) in [6.45, 7) is 3.43. The number of carboxylic acids is 1. The summed E-state index contributed by atoms with van der Waals surface area (Å²) in [6, 6.07) is 2.81. The second kappa shape index (κ2) is 6.65. The molecule has 0 aliphatic carbocycles. The van der Waals surface area contributed by atoms with Crippen LogP contribution in [-0.2, 0) is 9.59 Å². The Kier molecular flexibility index (Phi) is 5.47. The number of carbonyl (C=O) groups is 2. The first kappa shape index (κ1) is 15.6. The quantitative estimate of drug-likeness (QED) is 0.869. The van der Waals surface area contributed by atoms with Crippen molar-refractivity contribution in [1.29, 1.82) is 0 Å². The number of nitrogens with one attached hydrogen (secondary N) is 1. The Morgan fingerprint density at radius 1 is 1.42 bits per heavy atom. The summed E-state index contributed by atoms with van der Waals surface area (Å²) in [6.07, 6.45) is 0.0184. The average molecular weight is 332 g/mol. The van der Waals surface area contributed by atoms with Crippen LogP contribution in [0, 0.1) is 18.7 Å². The van der Waals surface area contributed by atoms with Gasteiger partial charge in [0.2, 0.25) is 5.91 Å². The van der Waals surface area contributed by atoms with Gasteiger partial charge in [0, 0.05) is 18.5 Å². The fourth-order valence-corrected chi connectivity index (χ4v) is 2.13. The largest absolute Gasteiger partial charge is 0.481 e. The van der Waals surface area contributed by atoms with Crippen LogP contribution < -0.4 is 5.32 Å². The SMILES string of the molecule is Cc1cc(Br)c(F)cc1NC(=O)CC(C)CC(=O)O. The monoisotopic (exact) mass is 331 g/mol. The minimum absolute atomic E-state index is 0.0684. The van der Waals surface area contributed by atoms with E-state index in [9.17, 15) is 14.0 Å². The third-order valence-electron chi connectivity index (χ3n) is 2.60. The van der Waals surface area contributed by atoms with Crippen LogP contribution in [0.2, 0.25) is 0 Å². The lowest BCUT2D eigenvalue weighted by Gasteiger charge is -2.12. The standard InChI is InChI=1S/C13H15BrFNO3/c1-7(4-13(18)19)3-12(17)16-11-6-10(15)9(14)5-8(11)2/h5-7H,3-4H2,1-2H3,(H,16,17)(H,18,19). The van der Waals surface area contributed by atoms with Gasteiger partial charge in [0.1, 0.15) is 5.82 Å². The number of anilines is 1. The van der Waals surface area contributed by atoms with Gasteiger partial charge in [-0.05, 0) is 46.5 Å². The van der Waals surface area contributed by atoms with Gasteiger partial charge in [-0.25, -0.2) is 4.39 Å². The zero-order chi connectivity index (χ0) is 14.6. The molecule has 0 spiro atoms. The van der Waals surface area contributed by atoms with Crippen LogP contribution >= 0.6 is 15.9 Å². The predicted molar refractivity (Wildman–Crippen MR) is 73.5 cm³/mol. The van der Waals surface area contributed by atoms with Crippen LogP contribution in [0.15, 0.2) is 16.6 Å². The lowest BCUT2D eigenvalue weighted by Crippen LogP contribution is -2.17. The van der Waals surface area contributed by atoms with Crippen LogP contribution in [0.4, 0.5) is 10.1 Å². The van der Waals surface area contributed by atoms with Gasteiger partial charge >= 0.3 is 5.97 Å². The summed E-state index contributed by atoms with van der Waals surface area (Å²) in [7, 11) is 0. The third-order valence-corrected chi connectivity index (χ3v) is 3.21. The summed E-state index contributed by atoms with van der Waals surface area (Å²) in [5, 5.41) is 11.2. The summed E-state index contributed by atoms with van der Waals surface area (Å²) in [4.78, 5) is 22.2. The first-order valence-corrected chi connectivity index (χ1v) is 6.56. The molecule has 0 aliphatic heterocycles. The van der Waals surface area contributed by atoms with E-state index < -0.39 is 11.8 Å². The molecule has 1 atom stereocenters. The molecule has 0 aromatic heterocycles. The van der Waals surface area contributed by atoms with Gasteiger partial charge in [0.15, 0.2) is 0 Å². The molecule has 19 heavy (non-hydrogen) atoms. The normalized spacial score (nSPS) is 12.0. The van der Waals surface area contributed by atoms with Crippen LogP contribution in [-0.4, -0.2) is 17.0 Å². The highest BCUT2D eigenvalue weighted by Gasteiger charge is 2.14. The maximum Gasteiger partial charge on any atom is 0.303 e. The molecule has 0 heterocycles. The second-order valence-electron chi connectivity index (χ2n) is 4.54. The Labute approximate surface area is 119 Å². The van der Waals surface area contributed by atoms with Crippen molar-refractivity contribution in [2.75, 3.05) is 5.32 Å². The summed E-state index contributed by atoms with van der Waals surface area (Å²) < 4.78 is 13.7. The minimum atomic E-state index is -0.939. The molecule has 1 rings (SSSR count). The van der Waals surface area contributed by atoms with Gasteiger partial charge < -0.3 is 10.4 Å². The lowest BCUT2D eigenvalue weighted by atomic mass is 10.0. The Bertz CT molecular complexity index is 505. The van der Waals surface area contributed by atoms with E-state index in [1.807, 2.05) is 0 Å². The molecule has 1 unspecified atom stereocenters. The van der Waals surface area contributed by atoms with Crippen molar-refractivity contribution in [3.8, 4) is 0 Å². The molecule has 4 nitrogen and oxygen atoms in total. The van der Waals surface area contributed by atoms with Crippen molar-refractivity contribution in [2.45, 2.75) is 26.7 Å². The Morgan fingerprint density at radius 2 is 2.05 bits per heavy atom. The topological polar surface area (TPSA) is 66.4 Å². The number of rotatable bonds is 5. The zero-order valence-electron chi connectivity index (χ0n) is 10.7. The smallest absolute Gasteiger partial charge is 0.303 e. The first-order chi connectivity index (χ1) is 8.79. The number of benzene rings is 1. The number of carbonyl (C=O) groups excluding carboxylic acids is 1. The molecular formula is C13H15BrFNO3. The Morgan fingerprint density at radius 3 is 2.63 bits per heavy atom. The van der Waals surface area contributed by atoms with Crippen molar-refractivity contribution in [3.05, 3.63) is 28.0 Å². The molecule has 104 valence electrons. The number of hydrogen-bond donors (Lipinski definition) is 2.